The normalized spacial score (nSPS) is 26.7. The number of rotatable bonds is 4. The molecule has 0 bridgehead atoms. The third-order valence-corrected chi connectivity index (χ3v) is 5.29. The van der Waals surface area contributed by atoms with Gasteiger partial charge in [0.25, 0.3) is 0 Å². The van der Waals surface area contributed by atoms with Crippen molar-refractivity contribution in [2.75, 3.05) is 26.3 Å². The van der Waals surface area contributed by atoms with E-state index in [-0.39, 0.29) is 24.1 Å². The van der Waals surface area contributed by atoms with Crippen LogP contribution in [0, 0.1) is 11.3 Å². The Morgan fingerprint density at radius 2 is 2.22 bits per heavy atom. The number of aliphatic hydroxyl groups is 1. The van der Waals surface area contributed by atoms with Crippen LogP contribution in [-0.4, -0.2) is 53.5 Å². The molecule has 128 valence electrons. The first kappa shape index (κ1) is 16.3. The third kappa shape index (κ3) is 3.35. The summed E-state index contributed by atoms with van der Waals surface area (Å²) in [5.41, 5.74) is 0.880. The fraction of sp³-hybridized carbons (Fsp3) is 0.750. The fourth-order valence-corrected chi connectivity index (χ4v) is 3.39. The van der Waals surface area contributed by atoms with Gasteiger partial charge in [0.05, 0.1) is 18.9 Å². The van der Waals surface area contributed by atoms with Gasteiger partial charge in [-0.2, -0.15) is 0 Å². The van der Waals surface area contributed by atoms with Gasteiger partial charge in [-0.25, -0.2) is 4.79 Å². The smallest absolute Gasteiger partial charge is 0.317 e. The number of carbonyl (C=O) groups is 1. The summed E-state index contributed by atoms with van der Waals surface area (Å²) in [6.45, 7) is 6.78. The summed E-state index contributed by atoms with van der Waals surface area (Å²) in [7, 11) is 0. The van der Waals surface area contributed by atoms with Crippen LogP contribution in [0.5, 0.6) is 0 Å². The molecule has 1 saturated heterocycles. The second kappa shape index (κ2) is 6.49. The van der Waals surface area contributed by atoms with Gasteiger partial charge in [0, 0.05) is 25.2 Å². The maximum Gasteiger partial charge on any atom is 0.317 e. The van der Waals surface area contributed by atoms with Crippen molar-refractivity contribution in [3.63, 3.8) is 0 Å². The first-order chi connectivity index (χ1) is 11.0. The third-order valence-electron chi connectivity index (χ3n) is 5.29. The van der Waals surface area contributed by atoms with E-state index in [0.717, 1.165) is 18.5 Å². The van der Waals surface area contributed by atoms with Crippen LogP contribution >= 0.6 is 0 Å². The van der Waals surface area contributed by atoms with Gasteiger partial charge in [-0.1, -0.05) is 19.0 Å². The molecule has 1 aliphatic carbocycles. The highest BCUT2D eigenvalue weighted by atomic mass is 16.5. The second-order valence-corrected chi connectivity index (χ2v) is 7.00. The van der Waals surface area contributed by atoms with Crippen LogP contribution in [0.15, 0.2) is 10.6 Å². The van der Waals surface area contributed by atoms with Crippen molar-refractivity contribution in [3.8, 4) is 0 Å². The highest BCUT2D eigenvalue weighted by molar-refractivity contribution is 5.74. The minimum atomic E-state index is -0.126. The van der Waals surface area contributed by atoms with Gasteiger partial charge in [-0.15, -0.1) is 0 Å². The number of nitrogens with one attached hydrogen (secondary N) is 1. The van der Waals surface area contributed by atoms with Gasteiger partial charge in [-0.3, -0.25) is 0 Å². The summed E-state index contributed by atoms with van der Waals surface area (Å²) in [4.78, 5) is 14.1. The molecule has 7 heteroatoms. The summed E-state index contributed by atoms with van der Waals surface area (Å²) in [6.07, 6.45) is 1.74. The Morgan fingerprint density at radius 3 is 2.83 bits per heavy atom. The number of aromatic nitrogens is 1. The SMILES string of the molecule is CC1(C)[C@H](Cc2cc(CO)on2)C[C@@H]1NC(=O)N1CCOCC1. The summed E-state index contributed by atoms with van der Waals surface area (Å²) in [5, 5.41) is 16.2. The molecule has 2 fully saturated rings. The topological polar surface area (TPSA) is 87.8 Å². The van der Waals surface area contributed by atoms with Crippen molar-refractivity contribution < 1.29 is 19.2 Å². The maximum atomic E-state index is 12.3. The first-order valence-corrected chi connectivity index (χ1v) is 8.19. The number of hydrogen-bond donors (Lipinski definition) is 2. The lowest BCUT2D eigenvalue weighted by atomic mass is 9.57. The molecule has 1 saturated carbocycles. The number of aliphatic hydroxyl groups excluding tert-OH is 1. The van der Waals surface area contributed by atoms with E-state index in [9.17, 15) is 4.79 Å². The number of carbonyl (C=O) groups excluding carboxylic acids is 1. The Bertz CT molecular complexity index is 551. The molecule has 3 rings (SSSR count). The molecule has 1 aromatic heterocycles. The molecular weight excluding hydrogens is 298 g/mol. The van der Waals surface area contributed by atoms with Crippen molar-refractivity contribution >= 4 is 6.03 Å². The highest BCUT2D eigenvalue weighted by Crippen LogP contribution is 2.47. The zero-order valence-corrected chi connectivity index (χ0v) is 13.7. The number of nitrogens with zero attached hydrogens (tertiary/aromatic N) is 2. The molecular formula is C16H25N3O4. The molecule has 2 amide bonds. The second-order valence-electron chi connectivity index (χ2n) is 7.00. The van der Waals surface area contributed by atoms with E-state index in [1.807, 2.05) is 4.90 Å². The lowest BCUT2D eigenvalue weighted by Gasteiger charge is -2.52. The predicted octanol–water partition coefficient (Wildman–Crippen LogP) is 1.17. The average Bonchev–Trinajstić information content (AvgIpc) is 3.02. The quantitative estimate of drug-likeness (QED) is 0.868. The zero-order chi connectivity index (χ0) is 16.4. The van der Waals surface area contributed by atoms with Crippen molar-refractivity contribution in [2.24, 2.45) is 11.3 Å². The van der Waals surface area contributed by atoms with Gasteiger partial charge in [0.2, 0.25) is 0 Å². The monoisotopic (exact) mass is 323 g/mol. The van der Waals surface area contributed by atoms with E-state index in [1.54, 1.807) is 6.07 Å². The summed E-state index contributed by atoms with van der Waals surface area (Å²) in [6, 6.07) is 1.98. The fourth-order valence-electron chi connectivity index (χ4n) is 3.39. The van der Waals surface area contributed by atoms with Crippen molar-refractivity contribution in [2.45, 2.75) is 39.3 Å². The number of amides is 2. The van der Waals surface area contributed by atoms with E-state index in [2.05, 4.69) is 24.3 Å². The molecule has 0 unspecified atom stereocenters. The molecule has 7 nitrogen and oxygen atoms in total. The van der Waals surface area contributed by atoms with Crippen LogP contribution in [0.4, 0.5) is 4.79 Å². The molecule has 1 aliphatic heterocycles. The number of hydrogen-bond acceptors (Lipinski definition) is 5. The van der Waals surface area contributed by atoms with E-state index in [4.69, 9.17) is 14.4 Å². The largest absolute Gasteiger partial charge is 0.388 e. The summed E-state index contributed by atoms with van der Waals surface area (Å²) >= 11 is 0. The van der Waals surface area contributed by atoms with Crippen LogP contribution in [0.1, 0.15) is 31.7 Å². The van der Waals surface area contributed by atoms with Gasteiger partial charge < -0.3 is 24.6 Å². The standard InChI is InChI=1S/C16H25N3O4/c1-16(2)11(7-12-9-13(10-20)23-18-12)8-14(16)17-15(21)19-3-5-22-6-4-19/h9,11,14,20H,3-8,10H2,1-2H3,(H,17,21)/t11-,14+/m1/s1. The predicted molar refractivity (Wildman–Crippen MR) is 82.7 cm³/mol. The Hall–Kier alpha value is -1.60. The number of ether oxygens (including phenoxy) is 1. The van der Waals surface area contributed by atoms with Crippen molar-refractivity contribution in [1.82, 2.24) is 15.4 Å². The lowest BCUT2D eigenvalue weighted by molar-refractivity contribution is 0.0101. The Kier molecular flexibility index (Phi) is 4.59. The van der Waals surface area contributed by atoms with Gasteiger partial charge in [-0.05, 0) is 24.2 Å². The lowest BCUT2D eigenvalue weighted by Crippen LogP contribution is -2.61. The van der Waals surface area contributed by atoms with E-state index < -0.39 is 0 Å². The van der Waals surface area contributed by atoms with Crippen LogP contribution in [0.3, 0.4) is 0 Å². The van der Waals surface area contributed by atoms with Crippen LogP contribution < -0.4 is 5.32 Å². The Morgan fingerprint density at radius 1 is 1.48 bits per heavy atom. The van der Waals surface area contributed by atoms with Crippen molar-refractivity contribution in [3.05, 3.63) is 17.5 Å². The zero-order valence-electron chi connectivity index (χ0n) is 13.7. The molecule has 0 radical (unpaired) electrons. The Balaban J connectivity index is 1.52. The highest BCUT2D eigenvalue weighted by Gasteiger charge is 2.49. The molecule has 2 heterocycles. The summed E-state index contributed by atoms with van der Waals surface area (Å²) < 4.78 is 10.3. The first-order valence-electron chi connectivity index (χ1n) is 8.19. The van der Waals surface area contributed by atoms with Gasteiger partial charge in [0.1, 0.15) is 6.61 Å². The molecule has 0 spiro atoms. The van der Waals surface area contributed by atoms with Crippen molar-refractivity contribution in [1.29, 1.82) is 0 Å². The molecule has 2 atom stereocenters. The van der Waals surface area contributed by atoms with Gasteiger partial charge >= 0.3 is 6.03 Å². The van der Waals surface area contributed by atoms with Crippen LogP contribution in [0.2, 0.25) is 0 Å². The average molecular weight is 323 g/mol. The molecule has 23 heavy (non-hydrogen) atoms. The molecule has 2 aliphatic rings. The molecule has 1 aromatic rings. The van der Waals surface area contributed by atoms with E-state index in [1.165, 1.54) is 0 Å². The minimum absolute atomic E-state index is 0.00817. The number of morpholine rings is 1. The number of urea groups is 1. The summed E-state index contributed by atoms with van der Waals surface area (Å²) in [5.74, 6) is 0.934. The van der Waals surface area contributed by atoms with E-state index in [0.29, 0.717) is 38.0 Å². The molecule has 0 aromatic carbocycles. The molecule has 2 N–H and O–H groups in total. The van der Waals surface area contributed by atoms with Crippen LogP contribution in [0.25, 0.3) is 0 Å². The maximum absolute atomic E-state index is 12.3. The Labute approximate surface area is 136 Å². The minimum Gasteiger partial charge on any atom is -0.388 e. The van der Waals surface area contributed by atoms with Gasteiger partial charge in [0.15, 0.2) is 5.76 Å². The van der Waals surface area contributed by atoms with Crippen LogP contribution in [-0.2, 0) is 17.8 Å². The van der Waals surface area contributed by atoms with E-state index >= 15 is 0 Å².